The Morgan fingerprint density at radius 1 is 1.50 bits per heavy atom. The molecule has 0 aliphatic rings. The van der Waals surface area contributed by atoms with Gasteiger partial charge in [-0.25, -0.2) is 4.79 Å². The standard InChI is InChI=1S/C14H16O4/c1-4-8(2)17-10-6-5-7-11-12(10)9(3)13(18-11)14(15)16/h5-8H,4H2,1-3H3,(H,15,16). The molecule has 0 amide bonds. The second-order valence-electron chi connectivity index (χ2n) is 4.33. The van der Waals surface area contributed by atoms with Crippen LogP contribution in [0, 0.1) is 6.92 Å². The Kier molecular flexibility index (Phi) is 3.28. The molecule has 1 N–H and O–H groups in total. The molecule has 0 aliphatic heterocycles. The smallest absolute Gasteiger partial charge is 0.372 e. The summed E-state index contributed by atoms with van der Waals surface area (Å²) < 4.78 is 11.1. The molecule has 2 rings (SSSR count). The zero-order valence-electron chi connectivity index (χ0n) is 10.7. The Morgan fingerprint density at radius 2 is 2.22 bits per heavy atom. The highest BCUT2D eigenvalue weighted by Gasteiger charge is 2.19. The van der Waals surface area contributed by atoms with Crippen molar-refractivity contribution in [2.45, 2.75) is 33.3 Å². The van der Waals surface area contributed by atoms with E-state index in [0.717, 1.165) is 11.8 Å². The van der Waals surface area contributed by atoms with Crippen LogP contribution in [-0.2, 0) is 0 Å². The third kappa shape index (κ3) is 2.06. The van der Waals surface area contributed by atoms with Gasteiger partial charge in [0.25, 0.3) is 0 Å². The number of aromatic carboxylic acids is 1. The second kappa shape index (κ2) is 4.72. The van der Waals surface area contributed by atoms with Gasteiger partial charge in [0.1, 0.15) is 11.3 Å². The normalized spacial score (nSPS) is 12.6. The fourth-order valence-electron chi connectivity index (χ4n) is 1.87. The highest BCUT2D eigenvalue weighted by Crippen LogP contribution is 2.33. The van der Waals surface area contributed by atoms with E-state index < -0.39 is 5.97 Å². The Hall–Kier alpha value is -1.97. The van der Waals surface area contributed by atoms with E-state index in [1.54, 1.807) is 19.1 Å². The molecule has 0 aliphatic carbocycles. The van der Waals surface area contributed by atoms with Crippen molar-refractivity contribution in [1.29, 1.82) is 0 Å². The minimum atomic E-state index is -1.06. The maximum Gasteiger partial charge on any atom is 0.372 e. The first-order chi connectivity index (χ1) is 8.54. The minimum absolute atomic E-state index is 0.0230. The molecule has 1 unspecified atom stereocenters. The summed E-state index contributed by atoms with van der Waals surface area (Å²) in [6, 6.07) is 5.38. The largest absolute Gasteiger partial charge is 0.490 e. The molecule has 0 spiro atoms. The van der Waals surface area contributed by atoms with Crippen LogP contribution in [0.5, 0.6) is 5.75 Å². The average Bonchev–Trinajstić information content (AvgIpc) is 2.68. The molecule has 1 aromatic carbocycles. The zero-order valence-corrected chi connectivity index (χ0v) is 10.7. The van der Waals surface area contributed by atoms with E-state index in [1.165, 1.54) is 0 Å². The van der Waals surface area contributed by atoms with Crippen molar-refractivity contribution in [2.75, 3.05) is 0 Å². The molecule has 0 radical (unpaired) electrons. The SMILES string of the molecule is CCC(C)Oc1cccc2oc(C(=O)O)c(C)c12. The number of fused-ring (bicyclic) bond motifs is 1. The molecule has 0 bridgehead atoms. The van der Waals surface area contributed by atoms with Crippen LogP contribution in [0.1, 0.15) is 36.4 Å². The van der Waals surface area contributed by atoms with Gasteiger partial charge in [0.05, 0.1) is 11.5 Å². The van der Waals surface area contributed by atoms with E-state index in [9.17, 15) is 4.79 Å². The van der Waals surface area contributed by atoms with E-state index in [-0.39, 0.29) is 11.9 Å². The Labute approximate surface area is 105 Å². The third-order valence-corrected chi connectivity index (χ3v) is 3.01. The molecule has 1 aromatic heterocycles. The van der Waals surface area contributed by atoms with Gasteiger partial charge >= 0.3 is 5.97 Å². The molecule has 18 heavy (non-hydrogen) atoms. The lowest BCUT2D eigenvalue weighted by atomic mass is 10.1. The molecular formula is C14H16O4. The van der Waals surface area contributed by atoms with Crippen LogP contribution >= 0.6 is 0 Å². The molecule has 0 saturated heterocycles. The summed E-state index contributed by atoms with van der Waals surface area (Å²) in [5.41, 5.74) is 1.15. The van der Waals surface area contributed by atoms with Crippen molar-refractivity contribution >= 4 is 16.9 Å². The molecule has 4 nitrogen and oxygen atoms in total. The van der Waals surface area contributed by atoms with E-state index in [4.69, 9.17) is 14.3 Å². The van der Waals surface area contributed by atoms with Gasteiger partial charge in [-0.15, -0.1) is 0 Å². The number of aryl methyl sites for hydroxylation is 1. The fourth-order valence-corrected chi connectivity index (χ4v) is 1.87. The highest BCUT2D eigenvalue weighted by molar-refractivity contribution is 5.97. The van der Waals surface area contributed by atoms with Crippen molar-refractivity contribution in [2.24, 2.45) is 0 Å². The van der Waals surface area contributed by atoms with E-state index in [1.807, 2.05) is 19.9 Å². The van der Waals surface area contributed by atoms with Gasteiger partial charge in [-0.05, 0) is 32.4 Å². The van der Waals surface area contributed by atoms with Gasteiger partial charge in [-0.1, -0.05) is 13.0 Å². The van der Waals surface area contributed by atoms with Gasteiger partial charge in [-0.3, -0.25) is 0 Å². The fraction of sp³-hybridized carbons (Fsp3) is 0.357. The summed E-state index contributed by atoms with van der Waals surface area (Å²) in [5.74, 6) is -0.404. The zero-order chi connectivity index (χ0) is 13.3. The topological polar surface area (TPSA) is 59.7 Å². The van der Waals surface area contributed by atoms with E-state index >= 15 is 0 Å². The number of carboxylic acid groups (broad SMARTS) is 1. The van der Waals surface area contributed by atoms with Crippen molar-refractivity contribution < 1.29 is 19.1 Å². The number of hydrogen-bond acceptors (Lipinski definition) is 3. The Bertz CT molecular complexity index is 583. The van der Waals surface area contributed by atoms with Gasteiger partial charge < -0.3 is 14.3 Å². The van der Waals surface area contributed by atoms with Crippen molar-refractivity contribution in [3.8, 4) is 5.75 Å². The lowest BCUT2D eigenvalue weighted by molar-refractivity contribution is 0.0664. The second-order valence-corrected chi connectivity index (χ2v) is 4.33. The van der Waals surface area contributed by atoms with Crippen LogP contribution in [0.25, 0.3) is 11.0 Å². The molecule has 1 atom stereocenters. The summed E-state index contributed by atoms with van der Waals surface area (Å²) in [4.78, 5) is 11.0. The number of benzene rings is 1. The van der Waals surface area contributed by atoms with Crippen LogP contribution in [0.4, 0.5) is 0 Å². The summed E-state index contributed by atoms with van der Waals surface area (Å²) in [6.45, 7) is 5.75. The van der Waals surface area contributed by atoms with Gasteiger partial charge in [-0.2, -0.15) is 0 Å². The predicted molar refractivity (Wildman–Crippen MR) is 68.3 cm³/mol. The van der Waals surface area contributed by atoms with Crippen molar-refractivity contribution in [1.82, 2.24) is 0 Å². The van der Waals surface area contributed by atoms with Crippen LogP contribution < -0.4 is 4.74 Å². The Balaban J connectivity index is 2.57. The lowest BCUT2D eigenvalue weighted by Crippen LogP contribution is -2.09. The monoisotopic (exact) mass is 248 g/mol. The number of hydrogen-bond donors (Lipinski definition) is 1. The summed E-state index contributed by atoms with van der Waals surface area (Å²) in [6.07, 6.45) is 0.970. The summed E-state index contributed by atoms with van der Waals surface area (Å²) in [7, 11) is 0. The molecule has 0 saturated carbocycles. The lowest BCUT2D eigenvalue weighted by Gasteiger charge is -2.13. The first-order valence-electron chi connectivity index (χ1n) is 5.96. The first-order valence-corrected chi connectivity index (χ1v) is 5.96. The van der Waals surface area contributed by atoms with Crippen molar-refractivity contribution in [3.63, 3.8) is 0 Å². The molecule has 96 valence electrons. The number of carbonyl (C=O) groups is 1. The number of carboxylic acids is 1. The Morgan fingerprint density at radius 3 is 2.83 bits per heavy atom. The third-order valence-electron chi connectivity index (χ3n) is 3.01. The molecule has 0 fully saturated rings. The molecule has 2 aromatic rings. The number of furan rings is 1. The van der Waals surface area contributed by atoms with Crippen LogP contribution in [-0.4, -0.2) is 17.2 Å². The predicted octanol–water partition coefficient (Wildman–Crippen LogP) is 3.62. The summed E-state index contributed by atoms with van der Waals surface area (Å²) >= 11 is 0. The number of rotatable bonds is 4. The maximum absolute atomic E-state index is 11.0. The molecule has 4 heteroatoms. The quantitative estimate of drug-likeness (QED) is 0.897. The summed E-state index contributed by atoms with van der Waals surface area (Å²) in [5, 5.41) is 9.80. The van der Waals surface area contributed by atoms with E-state index in [0.29, 0.717) is 16.9 Å². The van der Waals surface area contributed by atoms with E-state index in [2.05, 4.69) is 0 Å². The van der Waals surface area contributed by atoms with Crippen molar-refractivity contribution in [3.05, 3.63) is 29.5 Å². The van der Waals surface area contributed by atoms with Crippen LogP contribution in [0.3, 0.4) is 0 Å². The van der Waals surface area contributed by atoms with Gasteiger partial charge in [0, 0.05) is 5.56 Å². The van der Waals surface area contributed by atoms with Crippen LogP contribution in [0.15, 0.2) is 22.6 Å². The van der Waals surface area contributed by atoms with Gasteiger partial charge in [0.15, 0.2) is 0 Å². The molecular weight excluding hydrogens is 232 g/mol. The highest BCUT2D eigenvalue weighted by atomic mass is 16.5. The first kappa shape index (κ1) is 12.5. The van der Waals surface area contributed by atoms with Gasteiger partial charge in [0.2, 0.25) is 5.76 Å². The van der Waals surface area contributed by atoms with Crippen LogP contribution in [0.2, 0.25) is 0 Å². The maximum atomic E-state index is 11.0. The minimum Gasteiger partial charge on any atom is -0.490 e. The molecule has 1 heterocycles. The average molecular weight is 248 g/mol. The number of ether oxygens (including phenoxy) is 1.